The summed E-state index contributed by atoms with van der Waals surface area (Å²) in [6, 6.07) is 9.19. The van der Waals surface area contributed by atoms with Crippen LogP contribution in [0.4, 0.5) is 0 Å². The highest BCUT2D eigenvalue weighted by atomic mass is 16.6. The molecule has 2 saturated carbocycles. The molecule has 2 saturated heterocycles. The number of esters is 3. The number of hydrogen-bond donors (Lipinski definition) is 1. The van der Waals surface area contributed by atoms with E-state index in [2.05, 4.69) is 4.90 Å². The van der Waals surface area contributed by atoms with Gasteiger partial charge in [-0.15, -0.1) is 0 Å². The molecule has 3 unspecified atom stereocenters. The fourth-order valence-electron chi connectivity index (χ4n) is 7.96. The number of aliphatic hydroxyl groups excluding tert-OH is 1. The highest BCUT2D eigenvalue weighted by molar-refractivity contribution is 5.94. The third kappa shape index (κ3) is 5.11. The molecule has 0 bridgehead atoms. The number of nitrogens with zero attached hydrogens (tertiary/aromatic N) is 2. The summed E-state index contributed by atoms with van der Waals surface area (Å²) in [4.78, 5) is 54.1. The molecule has 1 N–H and O–H groups in total. The van der Waals surface area contributed by atoms with Crippen LogP contribution in [0.15, 0.2) is 30.3 Å². The Morgan fingerprint density at radius 3 is 2.30 bits per heavy atom. The van der Waals surface area contributed by atoms with E-state index < -0.39 is 53.6 Å². The van der Waals surface area contributed by atoms with E-state index in [1.54, 1.807) is 0 Å². The predicted octanol–water partition coefficient (Wildman–Crippen LogP) is 1.89. The molecule has 9 atom stereocenters. The largest absolute Gasteiger partial charge is 0.462 e. The van der Waals surface area contributed by atoms with Crippen molar-refractivity contribution in [2.45, 2.75) is 65.0 Å². The average Bonchev–Trinajstić information content (AvgIpc) is 3.33. The standard InChI is InChI=1S/C30H40N2O8/c1-17-14-22-25(27(35)30(4)24(39-19(3)34)15-23(26(17)30)38-18(2)33)21(29(37)40-22)16-31-10-12-32(13-11-31)28(36)20-8-6-5-7-9-20/h5-9,17,21-27,35H,10-16H2,1-4H3/t17?,21?,22-,23-,24-,25+,26?,27-,30+/m0/s1. The number of piperazine rings is 1. The van der Waals surface area contributed by atoms with Gasteiger partial charge in [0.15, 0.2) is 0 Å². The van der Waals surface area contributed by atoms with E-state index in [4.69, 9.17) is 14.2 Å². The van der Waals surface area contributed by atoms with Gasteiger partial charge in [-0.05, 0) is 24.5 Å². The second-order valence-corrected chi connectivity index (χ2v) is 12.1. The Hall–Kier alpha value is -2.98. The highest BCUT2D eigenvalue weighted by Gasteiger charge is 2.67. The van der Waals surface area contributed by atoms with Crippen LogP contribution in [0, 0.1) is 29.1 Å². The third-order valence-electron chi connectivity index (χ3n) is 9.70. The van der Waals surface area contributed by atoms with Crippen LogP contribution in [-0.4, -0.2) is 95.9 Å². The zero-order chi connectivity index (χ0) is 28.8. The lowest BCUT2D eigenvalue weighted by Gasteiger charge is -2.43. The SMILES string of the molecule is CC(=O)O[C@H]1C[C@H](OC(C)=O)[C@]2(C)C1C(C)C[C@@H]1OC(=O)C(CN3CCN(C(=O)c4ccccc4)CC3)[C@H]1[C@@H]2O. The van der Waals surface area contributed by atoms with Crippen molar-refractivity contribution in [2.75, 3.05) is 32.7 Å². The van der Waals surface area contributed by atoms with Crippen LogP contribution in [0.1, 0.15) is 50.9 Å². The Kier molecular flexibility index (Phi) is 7.94. The summed E-state index contributed by atoms with van der Waals surface area (Å²) in [6.45, 7) is 9.32. The fraction of sp³-hybridized carbons (Fsp3) is 0.667. The molecule has 0 radical (unpaired) electrons. The molecule has 0 aromatic heterocycles. The first-order chi connectivity index (χ1) is 19.0. The highest BCUT2D eigenvalue weighted by Crippen LogP contribution is 2.59. The Morgan fingerprint density at radius 2 is 1.68 bits per heavy atom. The molecule has 10 heteroatoms. The van der Waals surface area contributed by atoms with Crippen molar-refractivity contribution < 1.29 is 38.5 Å². The Bertz CT molecular complexity index is 1140. The van der Waals surface area contributed by atoms with E-state index in [0.29, 0.717) is 51.1 Å². The maximum atomic E-state index is 13.2. The number of carbonyl (C=O) groups excluding carboxylic acids is 4. The van der Waals surface area contributed by atoms with Crippen LogP contribution in [-0.2, 0) is 28.6 Å². The van der Waals surface area contributed by atoms with E-state index in [1.807, 2.05) is 49.1 Å². The second kappa shape index (κ2) is 11.1. The van der Waals surface area contributed by atoms with Gasteiger partial charge < -0.3 is 24.2 Å². The summed E-state index contributed by atoms with van der Waals surface area (Å²) in [5.41, 5.74) is -0.278. The summed E-state index contributed by atoms with van der Waals surface area (Å²) >= 11 is 0. The number of rotatable bonds is 5. The third-order valence-corrected chi connectivity index (χ3v) is 9.70. The van der Waals surface area contributed by atoms with Crippen molar-refractivity contribution >= 4 is 23.8 Å². The molecule has 4 fully saturated rings. The molecule has 1 aromatic carbocycles. The lowest BCUT2D eigenvalue weighted by Crippen LogP contribution is -2.54. The Morgan fingerprint density at radius 1 is 1.02 bits per heavy atom. The zero-order valence-electron chi connectivity index (χ0n) is 23.7. The minimum atomic E-state index is -1.02. The van der Waals surface area contributed by atoms with Gasteiger partial charge in [-0.25, -0.2) is 0 Å². The van der Waals surface area contributed by atoms with Gasteiger partial charge in [0, 0.05) is 75.8 Å². The van der Waals surface area contributed by atoms with Crippen molar-refractivity contribution in [3.05, 3.63) is 35.9 Å². The molecule has 2 heterocycles. The van der Waals surface area contributed by atoms with Crippen LogP contribution in [0.25, 0.3) is 0 Å². The Balaban J connectivity index is 1.34. The van der Waals surface area contributed by atoms with E-state index >= 15 is 0 Å². The molecule has 10 nitrogen and oxygen atoms in total. The Labute approximate surface area is 234 Å². The van der Waals surface area contributed by atoms with Crippen LogP contribution in [0.2, 0.25) is 0 Å². The van der Waals surface area contributed by atoms with Gasteiger partial charge in [0.1, 0.15) is 18.3 Å². The normalized spacial score (nSPS) is 37.6. The van der Waals surface area contributed by atoms with E-state index in [1.165, 1.54) is 13.8 Å². The minimum absolute atomic E-state index is 0.00665. The zero-order valence-corrected chi connectivity index (χ0v) is 23.7. The molecule has 40 heavy (non-hydrogen) atoms. The van der Waals surface area contributed by atoms with Crippen LogP contribution < -0.4 is 0 Å². The molecular formula is C30H40N2O8. The maximum absolute atomic E-state index is 13.2. The summed E-state index contributed by atoms with van der Waals surface area (Å²) in [6.07, 6.45) is -1.86. The first kappa shape index (κ1) is 28.5. The van der Waals surface area contributed by atoms with Crippen LogP contribution in [0.3, 0.4) is 0 Å². The molecule has 5 rings (SSSR count). The summed E-state index contributed by atoms with van der Waals surface area (Å²) < 4.78 is 17.3. The summed E-state index contributed by atoms with van der Waals surface area (Å²) in [7, 11) is 0. The summed E-state index contributed by atoms with van der Waals surface area (Å²) in [5.74, 6) is -2.61. The van der Waals surface area contributed by atoms with E-state index in [0.717, 1.165) is 0 Å². The van der Waals surface area contributed by atoms with Gasteiger partial charge in [0.05, 0.1) is 12.0 Å². The molecular weight excluding hydrogens is 516 g/mol. The number of aliphatic hydroxyl groups is 1. The quantitative estimate of drug-likeness (QED) is 0.428. The first-order valence-corrected chi connectivity index (χ1v) is 14.3. The minimum Gasteiger partial charge on any atom is -0.462 e. The van der Waals surface area contributed by atoms with Gasteiger partial charge in [0.25, 0.3) is 5.91 Å². The molecule has 1 amide bonds. The average molecular weight is 557 g/mol. The number of amides is 1. The number of ether oxygens (including phenoxy) is 3. The molecule has 4 aliphatic rings. The van der Waals surface area contributed by atoms with Gasteiger partial charge in [-0.2, -0.15) is 0 Å². The van der Waals surface area contributed by atoms with Crippen LogP contribution >= 0.6 is 0 Å². The lowest BCUT2D eigenvalue weighted by atomic mass is 9.66. The number of carbonyl (C=O) groups is 4. The number of hydrogen-bond acceptors (Lipinski definition) is 9. The van der Waals surface area contributed by atoms with Crippen molar-refractivity contribution in [3.8, 4) is 0 Å². The molecule has 218 valence electrons. The van der Waals surface area contributed by atoms with Gasteiger partial charge in [0.2, 0.25) is 0 Å². The van der Waals surface area contributed by atoms with Crippen molar-refractivity contribution in [3.63, 3.8) is 0 Å². The first-order valence-electron chi connectivity index (χ1n) is 14.3. The fourth-order valence-corrected chi connectivity index (χ4v) is 7.96. The van der Waals surface area contributed by atoms with Crippen molar-refractivity contribution in [2.24, 2.45) is 29.1 Å². The van der Waals surface area contributed by atoms with Crippen molar-refractivity contribution in [1.29, 1.82) is 0 Å². The lowest BCUT2D eigenvalue weighted by molar-refractivity contribution is -0.165. The monoisotopic (exact) mass is 556 g/mol. The topological polar surface area (TPSA) is 123 Å². The van der Waals surface area contributed by atoms with E-state index in [9.17, 15) is 24.3 Å². The van der Waals surface area contributed by atoms with Crippen molar-refractivity contribution in [1.82, 2.24) is 9.80 Å². The predicted molar refractivity (Wildman–Crippen MR) is 143 cm³/mol. The molecule has 0 spiro atoms. The second-order valence-electron chi connectivity index (χ2n) is 12.1. The number of fused-ring (bicyclic) bond motifs is 2. The smallest absolute Gasteiger partial charge is 0.311 e. The van der Waals surface area contributed by atoms with Gasteiger partial charge in [-0.1, -0.05) is 32.0 Å². The van der Waals surface area contributed by atoms with Gasteiger partial charge in [-0.3, -0.25) is 24.1 Å². The molecule has 2 aliphatic heterocycles. The van der Waals surface area contributed by atoms with Gasteiger partial charge >= 0.3 is 17.9 Å². The maximum Gasteiger partial charge on any atom is 0.311 e. The van der Waals surface area contributed by atoms with Crippen LogP contribution in [0.5, 0.6) is 0 Å². The molecule has 1 aromatic rings. The van der Waals surface area contributed by atoms with E-state index in [-0.39, 0.29) is 23.7 Å². The number of benzene rings is 1. The molecule has 2 aliphatic carbocycles. The summed E-state index contributed by atoms with van der Waals surface area (Å²) in [5, 5.41) is 12.1.